The molecule has 0 spiro atoms. The molecule has 0 aliphatic rings. The van der Waals surface area contributed by atoms with Crippen molar-refractivity contribution in [3.63, 3.8) is 0 Å². The van der Waals surface area contributed by atoms with E-state index < -0.39 is 0 Å². The van der Waals surface area contributed by atoms with Gasteiger partial charge >= 0.3 is 0 Å². The maximum absolute atomic E-state index is 5.59. The third kappa shape index (κ3) is 2.92. The molecule has 0 fully saturated rings. The Kier molecular flexibility index (Phi) is 4.02. The number of aromatic nitrogens is 3. The van der Waals surface area contributed by atoms with Gasteiger partial charge in [-0.25, -0.2) is 0 Å². The van der Waals surface area contributed by atoms with E-state index in [1.807, 2.05) is 38.1 Å². The average Bonchev–Trinajstić information content (AvgIpc) is 3.13. The Balaban J connectivity index is 1.70. The van der Waals surface area contributed by atoms with Gasteiger partial charge in [-0.2, -0.15) is 4.98 Å². The van der Waals surface area contributed by atoms with Crippen LogP contribution in [0.15, 0.2) is 33.3 Å². The maximum Gasteiger partial charge on any atom is 0.227 e. The minimum absolute atomic E-state index is 0.523. The summed E-state index contributed by atoms with van der Waals surface area (Å²) in [5.41, 5.74) is 9.60. The molecule has 0 amide bonds. The van der Waals surface area contributed by atoms with Crippen molar-refractivity contribution in [2.45, 2.75) is 33.2 Å². The van der Waals surface area contributed by atoms with Crippen molar-refractivity contribution in [1.29, 1.82) is 0 Å². The number of hydrogen-bond acceptors (Lipinski definition) is 6. The van der Waals surface area contributed by atoms with Gasteiger partial charge in [-0.1, -0.05) is 34.6 Å². The van der Waals surface area contributed by atoms with Crippen LogP contribution in [0.4, 0.5) is 0 Å². The largest absolute Gasteiger partial charge is 0.361 e. The second-order valence-electron chi connectivity index (χ2n) is 5.22. The summed E-state index contributed by atoms with van der Waals surface area (Å²) in [5, 5.41) is 7.98. The van der Waals surface area contributed by atoms with Gasteiger partial charge < -0.3 is 14.8 Å². The van der Waals surface area contributed by atoms with Crippen LogP contribution >= 0.6 is 0 Å². The van der Waals surface area contributed by atoms with Gasteiger partial charge in [0.05, 0.1) is 5.69 Å². The van der Waals surface area contributed by atoms with Gasteiger partial charge in [0, 0.05) is 24.1 Å². The molecule has 1 aromatic carbocycles. The molecule has 2 heterocycles. The van der Waals surface area contributed by atoms with Crippen LogP contribution in [-0.2, 0) is 19.4 Å². The van der Waals surface area contributed by atoms with E-state index in [9.17, 15) is 0 Å². The summed E-state index contributed by atoms with van der Waals surface area (Å²) in [6.07, 6.45) is 1.44. The predicted octanol–water partition coefficient (Wildman–Crippen LogP) is 2.59. The highest BCUT2D eigenvalue weighted by Crippen LogP contribution is 2.18. The number of nitrogens with two attached hydrogens (primary N) is 1. The van der Waals surface area contributed by atoms with Gasteiger partial charge in [-0.15, -0.1) is 0 Å². The molecule has 0 bridgehead atoms. The normalized spacial score (nSPS) is 11.0. The fourth-order valence-electron chi connectivity index (χ4n) is 2.35. The topological polar surface area (TPSA) is 91.0 Å². The first-order chi connectivity index (χ1) is 10.7. The minimum Gasteiger partial charge on any atom is -0.361 e. The molecule has 2 aromatic heterocycles. The summed E-state index contributed by atoms with van der Waals surface area (Å²) >= 11 is 0. The zero-order valence-electron chi connectivity index (χ0n) is 12.7. The SMILES string of the molecule is Cc1noc(C)c1CCc1nc(-c2ccc(CN)cc2)no1. The van der Waals surface area contributed by atoms with Crippen LogP contribution in [0.1, 0.15) is 28.5 Å². The van der Waals surface area contributed by atoms with E-state index in [0.29, 0.717) is 24.7 Å². The van der Waals surface area contributed by atoms with Gasteiger partial charge in [-0.05, 0) is 25.8 Å². The lowest BCUT2D eigenvalue weighted by Crippen LogP contribution is -1.95. The zero-order chi connectivity index (χ0) is 15.5. The summed E-state index contributed by atoms with van der Waals surface area (Å²) in [7, 11) is 0. The first-order valence-electron chi connectivity index (χ1n) is 7.21. The molecule has 2 N–H and O–H groups in total. The van der Waals surface area contributed by atoms with E-state index in [1.54, 1.807) is 0 Å². The number of nitrogens with zero attached hydrogens (tertiary/aromatic N) is 3. The molecule has 0 saturated heterocycles. The molecule has 0 aliphatic heterocycles. The molecule has 6 nitrogen and oxygen atoms in total. The number of benzene rings is 1. The Morgan fingerprint density at radius 3 is 2.41 bits per heavy atom. The van der Waals surface area contributed by atoms with E-state index in [2.05, 4.69) is 15.3 Å². The molecule has 22 heavy (non-hydrogen) atoms. The van der Waals surface area contributed by atoms with Crippen molar-refractivity contribution in [3.8, 4) is 11.4 Å². The average molecular weight is 298 g/mol. The van der Waals surface area contributed by atoms with E-state index in [-0.39, 0.29) is 0 Å². The van der Waals surface area contributed by atoms with Crippen molar-refractivity contribution in [2.75, 3.05) is 0 Å². The van der Waals surface area contributed by atoms with Crippen LogP contribution in [0.2, 0.25) is 0 Å². The van der Waals surface area contributed by atoms with Gasteiger partial charge in [0.2, 0.25) is 11.7 Å². The minimum atomic E-state index is 0.523. The zero-order valence-corrected chi connectivity index (χ0v) is 12.7. The lowest BCUT2D eigenvalue weighted by Gasteiger charge is -1.97. The highest BCUT2D eigenvalue weighted by Gasteiger charge is 2.13. The highest BCUT2D eigenvalue weighted by molar-refractivity contribution is 5.54. The van der Waals surface area contributed by atoms with Crippen molar-refractivity contribution >= 4 is 0 Å². The molecule has 0 radical (unpaired) electrons. The van der Waals surface area contributed by atoms with Crippen molar-refractivity contribution < 1.29 is 9.05 Å². The Labute approximate surface area is 128 Å². The van der Waals surface area contributed by atoms with Crippen LogP contribution in [0.25, 0.3) is 11.4 Å². The first kappa shape index (κ1) is 14.5. The monoisotopic (exact) mass is 298 g/mol. The lowest BCUT2D eigenvalue weighted by molar-refractivity contribution is 0.377. The summed E-state index contributed by atoms with van der Waals surface area (Å²) < 4.78 is 10.5. The van der Waals surface area contributed by atoms with Crippen LogP contribution in [0, 0.1) is 13.8 Å². The van der Waals surface area contributed by atoms with Crippen molar-refractivity contribution in [1.82, 2.24) is 15.3 Å². The predicted molar refractivity (Wildman–Crippen MR) is 81.0 cm³/mol. The molecular formula is C16H18N4O2. The van der Waals surface area contributed by atoms with Crippen LogP contribution in [0.3, 0.4) is 0 Å². The smallest absolute Gasteiger partial charge is 0.227 e. The van der Waals surface area contributed by atoms with Gasteiger partial charge in [0.15, 0.2) is 0 Å². The molecule has 3 rings (SSSR count). The third-order valence-electron chi connectivity index (χ3n) is 3.69. The summed E-state index contributed by atoms with van der Waals surface area (Å²) in [4.78, 5) is 4.43. The fourth-order valence-corrected chi connectivity index (χ4v) is 2.35. The molecule has 0 saturated carbocycles. The Morgan fingerprint density at radius 1 is 1.00 bits per heavy atom. The van der Waals surface area contributed by atoms with E-state index in [0.717, 1.165) is 34.6 Å². The van der Waals surface area contributed by atoms with Crippen LogP contribution in [0.5, 0.6) is 0 Å². The second kappa shape index (κ2) is 6.11. The fraction of sp³-hybridized carbons (Fsp3) is 0.312. The Bertz CT molecular complexity index is 739. The Hall–Kier alpha value is -2.47. The molecule has 0 atom stereocenters. The number of aryl methyl sites for hydroxylation is 3. The first-order valence-corrected chi connectivity index (χ1v) is 7.21. The van der Waals surface area contributed by atoms with E-state index >= 15 is 0 Å². The molecule has 0 unspecified atom stereocenters. The van der Waals surface area contributed by atoms with Crippen molar-refractivity contribution in [2.24, 2.45) is 5.73 Å². The van der Waals surface area contributed by atoms with Crippen LogP contribution in [-0.4, -0.2) is 15.3 Å². The third-order valence-corrected chi connectivity index (χ3v) is 3.69. The summed E-state index contributed by atoms with van der Waals surface area (Å²) in [5.74, 6) is 2.05. The molecule has 3 aromatic rings. The molecular weight excluding hydrogens is 280 g/mol. The second-order valence-corrected chi connectivity index (χ2v) is 5.22. The van der Waals surface area contributed by atoms with Crippen molar-refractivity contribution in [3.05, 3.63) is 52.7 Å². The van der Waals surface area contributed by atoms with Gasteiger partial charge in [-0.3, -0.25) is 0 Å². The van der Waals surface area contributed by atoms with Crippen LogP contribution < -0.4 is 5.73 Å². The summed E-state index contributed by atoms with van der Waals surface area (Å²) in [6.45, 7) is 4.37. The quantitative estimate of drug-likeness (QED) is 0.778. The number of rotatable bonds is 5. The van der Waals surface area contributed by atoms with E-state index in [1.165, 1.54) is 0 Å². The van der Waals surface area contributed by atoms with E-state index in [4.69, 9.17) is 14.8 Å². The summed E-state index contributed by atoms with van der Waals surface area (Å²) in [6, 6.07) is 7.83. The molecule has 6 heteroatoms. The highest BCUT2D eigenvalue weighted by atomic mass is 16.5. The Morgan fingerprint density at radius 2 is 1.77 bits per heavy atom. The molecule has 114 valence electrons. The maximum atomic E-state index is 5.59. The molecule has 0 aliphatic carbocycles. The lowest BCUT2D eigenvalue weighted by atomic mass is 10.1. The number of hydrogen-bond donors (Lipinski definition) is 1. The van der Waals surface area contributed by atoms with Gasteiger partial charge in [0.25, 0.3) is 0 Å². The van der Waals surface area contributed by atoms with Gasteiger partial charge in [0.1, 0.15) is 5.76 Å². The standard InChI is InChI=1S/C16H18N4O2/c1-10-14(11(2)21-19-10)7-8-15-18-16(20-22-15)13-5-3-12(9-17)4-6-13/h3-6H,7-9,17H2,1-2H3.